The van der Waals surface area contributed by atoms with Crippen LogP contribution in [0.15, 0.2) is 70.9 Å². The third kappa shape index (κ3) is 6.25. The molecule has 1 saturated heterocycles. The predicted molar refractivity (Wildman–Crippen MR) is 141 cm³/mol. The van der Waals surface area contributed by atoms with Crippen LogP contribution >= 0.6 is 11.8 Å². The molecule has 0 saturated carbocycles. The third-order valence-electron chi connectivity index (χ3n) is 5.81. The number of nitrogens with zero attached hydrogens (tertiary/aromatic N) is 2. The number of anilines is 1. The van der Waals surface area contributed by atoms with Crippen molar-refractivity contribution < 1.29 is 14.3 Å². The van der Waals surface area contributed by atoms with E-state index in [1.165, 1.54) is 0 Å². The Hall–Kier alpha value is -3.26. The third-order valence-corrected chi connectivity index (χ3v) is 6.88. The van der Waals surface area contributed by atoms with Crippen molar-refractivity contribution in [3.63, 3.8) is 0 Å². The van der Waals surface area contributed by atoms with Gasteiger partial charge in [0.2, 0.25) is 0 Å². The summed E-state index contributed by atoms with van der Waals surface area (Å²) >= 11 is 1.72. The molecule has 0 bridgehead atoms. The Morgan fingerprint density at radius 2 is 1.89 bits per heavy atom. The number of carbonyl (C=O) groups excluding carboxylic acids is 2. The minimum atomic E-state index is -0.318. The molecule has 0 spiro atoms. The summed E-state index contributed by atoms with van der Waals surface area (Å²) in [6, 6.07) is 16.9. The largest absolute Gasteiger partial charge is 0.462 e. The first-order valence-electron chi connectivity index (χ1n) is 12.0. The molecule has 1 unspecified atom stereocenters. The molecule has 2 N–H and O–H groups in total. The van der Waals surface area contributed by atoms with Gasteiger partial charge in [0.15, 0.2) is 5.17 Å². The fourth-order valence-corrected chi connectivity index (χ4v) is 5.12. The lowest BCUT2D eigenvalue weighted by Gasteiger charge is -2.40. The van der Waals surface area contributed by atoms with Crippen molar-refractivity contribution in [3.8, 4) is 0 Å². The van der Waals surface area contributed by atoms with E-state index in [-0.39, 0.29) is 24.0 Å². The van der Waals surface area contributed by atoms with E-state index < -0.39 is 0 Å². The van der Waals surface area contributed by atoms with Crippen LogP contribution in [0.1, 0.15) is 44.4 Å². The summed E-state index contributed by atoms with van der Waals surface area (Å²) in [5.74, 6) is 0.954. The highest BCUT2D eigenvalue weighted by molar-refractivity contribution is 8.13. The number of amidine groups is 1. The van der Waals surface area contributed by atoms with Gasteiger partial charge in [-0.15, -0.1) is 0 Å². The van der Waals surface area contributed by atoms with Crippen LogP contribution in [0.5, 0.6) is 0 Å². The zero-order chi connectivity index (χ0) is 24.8. The van der Waals surface area contributed by atoms with Crippen LogP contribution in [-0.2, 0) is 16.1 Å². The van der Waals surface area contributed by atoms with Crippen LogP contribution in [-0.4, -0.2) is 41.0 Å². The first kappa shape index (κ1) is 24.9. The van der Waals surface area contributed by atoms with Crippen LogP contribution in [0.2, 0.25) is 0 Å². The minimum absolute atomic E-state index is 0.255. The minimum Gasteiger partial charge on any atom is -0.462 e. The maximum Gasteiger partial charge on any atom is 0.338 e. The van der Waals surface area contributed by atoms with Crippen LogP contribution in [0.25, 0.3) is 0 Å². The quantitative estimate of drug-likeness (QED) is 0.511. The maximum absolute atomic E-state index is 13.1. The van der Waals surface area contributed by atoms with Crippen molar-refractivity contribution in [1.82, 2.24) is 10.2 Å². The van der Waals surface area contributed by atoms with Crippen LogP contribution in [0, 0.1) is 5.92 Å². The van der Waals surface area contributed by atoms with Gasteiger partial charge >= 0.3 is 12.0 Å². The van der Waals surface area contributed by atoms with Crippen molar-refractivity contribution >= 4 is 34.6 Å². The van der Waals surface area contributed by atoms with Crippen LogP contribution in [0.4, 0.5) is 10.5 Å². The van der Waals surface area contributed by atoms with E-state index in [1.807, 2.05) is 75.4 Å². The van der Waals surface area contributed by atoms with Crippen LogP contribution < -0.4 is 10.6 Å². The molecule has 2 amide bonds. The number of hydrogen-bond acceptors (Lipinski definition) is 6. The molecule has 4 rings (SSSR count). The second-order valence-electron chi connectivity index (χ2n) is 9.10. The van der Waals surface area contributed by atoms with Crippen molar-refractivity contribution in [2.24, 2.45) is 10.9 Å². The van der Waals surface area contributed by atoms with Gasteiger partial charge in [-0.05, 0) is 42.5 Å². The molecule has 0 radical (unpaired) electrons. The van der Waals surface area contributed by atoms with E-state index in [9.17, 15) is 9.59 Å². The summed E-state index contributed by atoms with van der Waals surface area (Å²) in [7, 11) is 0. The summed E-state index contributed by atoms with van der Waals surface area (Å²) in [5.41, 5.74) is 3.96. The van der Waals surface area contributed by atoms with Crippen molar-refractivity contribution in [2.45, 2.75) is 39.8 Å². The lowest BCUT2D eigenvalue weighted by molar-refractivity contribution is -0.140. The number of benzene rings is 2. The van der Waals surface area contributed by atoms with Crippen LogP contribution in [0.3, 0.4) is 0 Å². The Labute approximate surface area is 211 Å². The number of urea groups is 1. The summed E-state index contributed by atoms with van der Waals surface area (Å²) in [5, 5.41) is 6.69. The molecule has 184 valence electrons. The van der Waals surface area contributed by atoms with Gasteiger partial charge in [0.05, 0.1) is 23.9 Å². The molecular formula is C27H32N4O3S. The fraction of sp³-hybridized carbons (Fsp3) is 0.370. The first-order valence-corrected chi connectivity index (χ1v) is 13.0. The Balaban J connectivity index is 1.50. The Bertz CT molecular complexity index is 1110. The summed E-state index contributed by atoms with van der Waals surface area (Å²) in [4.78, 5) is 32.4. The highest BCUT2D eigenvalue weighted by Gasteiger charge is 2.37. The zero-order valence-corrected chi connectivity index (χ0v) is 21.2. The van der Waals surface area contributed by atoms with Crippen molar-refractivity contribution in [3.05, 3.63) is 77.0 Å². The lowest BCUT2D eigenvalue weighted by atomic mass is 9.94. The molecule has 2 aliphatic heterocycles. The fourth-order valence-electron chi connectivity index (χ4n) is 4.10. The molecule has 35 heavy (non-hydrogen) atoms. The van der Waals surface area contributed by atoms with Gasteiger partial charge in [0.25, 0.3) is 0 Å². The van der Waals surface area contributed by atoms with E-state index in [1.54, 1.807) is 11.8 Å². The molecule has 2 heterocycles. The zero-order valence-electron chi connectivity index (χ0n) is 20.4. The Morgan fingerprint density at radius 3 is 2.60 bits per heavy atom. The number of ether oxygens (including phenoxy) is 1. The number of amides is 2. The number of hydrogen-bond donors (Lipinski definition) is 2. The SMILES string of the molecule is CC1=C(C(=O)OCC(C)C)C(c2ccc(NC(=O)NCc3ccccc3)cc2)N2CCCSC2=N1. The number of nitrogens with one attached hydrogen (secondary N) is 2. The molecule has 2 aromatic carbocycles. The molecular weight excluding hydrogens is 460 g/mol. The standard InChI is InChI=1S/C27H32N4O3S/c1-18(2)17-34-25(32)23-19(3)29-27-31(14-7-15-35-27)24(23)21-10-12-22(13-11-21)30-26(33)28-16-20-8-5-4-6-9-20/h4-6,8-13,18,24H,7,14-17H2,1-3H3,(H2,28,30,33). The second-order valence-corrected chi connectivity index (χ2v) is 10.2. The van der Waals surface area contributed by atoms with Gasteiger partial charge in [-0.25, -0.2) is 14.6 Å². The number of thioether (sulfide) groups is 1. The topological polar surface area (TPSA) is 83.0 Å². The molecule has 2 aromatic rings. The van der Waals surface area contributed by atoms with E-state index in [4.69, 9.17) is 9.73 Å². The molecule has 2 aliphatic rings. The number of rotatable bonds is 7. The smallest absolute Gasteiger partial charge is 0.338 e. The molecule has 0 aliphatic carbocycles. The van der Waals surface area contributed by atoms with Crippen molar-refractivity contribution in [1.29, 1.82) is 0 Å². The normalized spacial score (nSPS) is 17.5. The van der Waals surface area contributed by atoms with Gasteiger partial charge in [-0.1, -0.05) is 68.1 Å². The van der Waals surface area contributed by atoms with E-state index in [0.29, 0.717) is 30.1 Å². The Kier molecular flexibility index (Phi) is 8.13. The van der Waals surface area contributed by atoms with Gasteiger partial charge in [-0.3, -0.25) is 0 Å². The summed E-state index contributed by atoms with van der Waals surface area (Å²) < 4.78 is 5.62. The average molecular weight is 493 g/mol. The first-order chi connectivity index (χ1) is 16.9. The molecule has 7 nitrogen and oxygen atoms in total. The monoisotopic (exact) mass is 492 g/mol. The maximum atomic E-state index is 13.1. The number of esters is 1. The number of carbonyl (C=O) groups is 2. The van der Waals surface area contributed by atoms with E-state index in [0.717, 1.165) is 35.0 Å². The molecule has 0 aromatic heterocycles. The van der Waals surface area contributed by atoms with Gasteiger partial charge in [0, 0.05) is 24.5 Å². The Morgan fingerprint density at radius 1 is 1.14 bits per heavy atom. The number of fused-ring (bicyclic) bond motifs is 1. The molecule has 1 fully saturated rings. The predicted octanol–water partition coefficient (Wildman–Crippen LogP) is 5.33. The summed E-state index contributed by atoms with van der Waals surface area (Å²) in [6.45, 7) is 7.57. The highest BCUT2D eigenvalue weighted by atomic mass is 32.2. The van der Waals surface area contributed by atoms with Gasteiger partial charge in [0.1, 0.15) is 0 Å². The van der Waals surface area contributed by atoms with Gasteiger partial charge < -0.3 is 20.3 Å². The molecule has 1 atom stereocenters. The lowest BCUT2D eigenvalue weighted by Crippen LogP contribution is -2.42. The second kappa shape index (κ2) is 11.4. The highest BCUT2D eigenvalue weighted by Crippen LogP contribution is 2.40. The average Bonchev–Trinajstić information content (AvgIpc) is 2.86. The van der Waals surface area contributed by atoms with Crippen molar-refractivity contribution in [2.75, 3.05) is 24.2 Å². The van der Waals surface area contributed by atoms with Gasteiger partial charge in [-0.2, -0.15) is 0 Å². The summed E-state index contributed by atoms with van der Waals surface area (Å²) in [6.07, 6.45) is 1.02. The van der Waals surface area contributed by atoms with E-state index >= 15 is 0 Å². The number of allylic oxidation sites excluding steroid dienone is 1. The van der Waals surface area contributed by atoms with E-state index in [2.05, 4.69) is 15.5 Å². The molecule has 8 heteroatoms. The number of aliphatic imine (C=N–C) groups is 1.